The van der Waals surface area contributed by atoms with Crippen molar-refractivity contribution in [2.75, 3.05) is 26.7 Å². The summed E-state index contributed by atoms with van der Waals surface area (Å²) >= 11 is 0. The lowest BCUT2D eigenvalue weighted by Crippen LogP contribution is -2.33. The van der Waals surface area contributed by atoms with Gasteiger partial charge < -0.3 is 4.74 Å². The molecule has 0 aliphatic rings. The highest BCUT2D eigenvalue weighted by Crippen LogP contribution is 2.18. The van der Waals surface area contributed by atoms with Gasteiger partial charge >= 0.3 is 5.97 Å². The van der Waals surface area contributed by atoms with Gasteiger partial charge in [-0.25, -0.2) is 0 Å². The molecule has 102 valence electrons. The Morgan fingerprint density at radius 2 is 1.84 bits per heavy atom. The summed E-state index contributed by atoms with van der Waals surface area (Å²) in [5.41, 5.74) is 0.965. The first kappa shape index (κ1) is 15.2. The second-order valence-electron chi connectivity index (χ2n) is 4.28. The Morgan fingerprint density at radius 1 is 1.26 bits per heavy atom. The van der Waals surface area contributed by atoms with E-state index in [1.54, 1.807) is 0 Å². The first-order valence-corrected chi connectivity index (χ1v) is 6.29. The Balaban J connectivity index is 2.88. The molecule has 0 radical (unpaired) electrons. The fourth-order valence-corrected chi connectivity index (χ4v) is 1.99. The SMILES string of the molecule is C=CCN(CC=C)CC(C(=O)OC)c1ccccc1. The van der Waals surface area contributed by atoms with Crippen LogP contribution in [0.5, 0.6) is 0 Å². The Labute approximate surface area is 115 Å². The van der Waals surface area contributed by atoms with Crippen molar-refractivity contribution < 1.29 is 9.53 Å². The van der Waals surface area contributed by atoms with Crippen LogP contribution in [0.1, 0.15) is 11.5 Å². The first-order chi connectivity index (χ1) is 9.22. The molecule has 1 atom stereocenters. The summed E-state index contributed by atoms with van der Waals surface area (Å²) in [6.07, 6.45) is 3.64. The average Bonchev–Trinajstić information content (AvgIpc) is 2.45. The highest BCUT2D eigenvalue weighted by atomic mass is 16.5. The van der Waals surface area contributed by atoms with Crippen molar-refractivity contribution in [3.05, 3.63) is 61.2 Å². The third kappa shape index (κ3) is 4.72. The number of carbonyl (C=O) groups excluding carboxylic acids is 1. The molecular formula is C16H21NO2. The predicted octanol–water partition coefficient (Wildman–Crippen LogP) is 2.62. The van der Waals surface area contributed by atoms with E-state index in [-0.39, 0.29) is 11.9 Å². The molecule has 0 N–H and O–H groups in total. The molecule has 0 saturated carbocycles. The van der Waals surface area contributed by atoms with E-state index in [0.717, 1.165) is 5.56 Å². The Kier molecular flexibility index (Phi) is 6.61. The smallest absolute Gasteiger partial charge is 0.314 e. The Hall–Kier alpha value is -1.87. The van der Waals surface area contributed by atoms with Crippen LogP contribution in [0.4, 0.5) is 0 Å². The second-order valence-corrected chi connectivity index (χ2v) is 4.28. The molecule has 0 aromatic heterocycles. The van der Waals surface area contributed by atoms with Crippen molar-refractivity contribution in [1.29, 1.82) is 0 Å². The molecule has 3 heteroatoms. The lowest BCUT2D eigenvalue weighted by molar-refractivity contribution is -0.142. The molecule has 0 bridgehead atoms. The molecular weight excluding hydrogens is 238 g/mol. The highest BCUT2D eigenvalue weighted by Gasteiger charge is 2.23. The third-order valence-corrected chi connectivity index (χ3v) is 2.90. The minimum Gasteiger partial charge on any atom is -0.469 e. The van der Waals surface area contributed by atoms with Gasteiger partial charge in [0.25, 0.3) is 0 Å². The molecule has 0 aliphatic carbocycles. The van der Waals surface area contributed by atoms with E-state index >= 15 is 0 Å². The summed E-state index contributed by atoms with van der Waals surface area (Å²) in [4.78, 5) is 14.1. The van der Waals surface area contributed by atoms with Gasteiger partial charge in [-0.05, 0) is 5.56 Å². The van der Waals surface area contributed by atoms with Gasteiger partial charge in [-0.2, -0.15) is 0 Å². The molecule has 0 amide bonds. The van der Waals surface area contributed by atoms with E-state index in [4.69, 9.17) is 4.74 Å². The summed E-state index contributed by atoms with van der Waals surface area (Å²) in [6.45, 7) is 9.49. The zero-order valence-electron chi connectivity index (χ0n) is 11.4. The number of carbonyl (C=O) groups is 1. The van der Waals surface area contributed by atoms with Gasteiger partial charge in [-0.1, -0.05) is 42.5 Å². The van der Waals surface area contributed by atoms with E-state index in [1.165, 1.54) is 7.11 Å². The van der Waals surface area contributed by atoms with E-state index in [9.17, 15) is 4.79 Å². The van der Waals surface area contributed by atoms with Crippen LogP contribution in [-0.2, 0) is 9.53 Å². The fraction of sp³-hybridized carbons (Fsp3) is 0.312. The molecule has 0 spiro atoms. The van der Waals surface area contributed by atoms with Crippen molar-refractivity contribution in [2.45, 2.75) is 5.92 Å². The van der Waals surface area contributed by atoms with Gasteiger partial charge in [0.1, 0.15) is 0 Å². The quantitative estimate of drug-likeness (QED) is 0.531. The number of nitrogens with zero attached hydrogens (tertiary/aromatic N) is 1. The van der Waals surface area contributed by atoms with Crippen LogP contribution in [0.15, 0.2) is 55.6 Å². The van der Waals surface area contributed by atoms with Gasteiger partial charge in [-0.3, -0.25) is 9.69 Å². The zero-order chi connectivity index (χ0) is 14.1. The molecule has 3 nitrogen and oxygen atoms in total. The van der Waals surface area contributed by atoms with Crippen LogP contribution < -0.4 is 0 Å². The zero-order valence-corrected chi connectivity index (χ0v) is 11.4. The molecule has 19 heavy (non-hydrogen) atoms. The van der Waals surface area contributed by atoms with Crippen molar-refractivity contribution in [3.63, 3.8) is 0 Å². The Morgan fingerprint density at radius 3 is 2.32 bits per heavy atom. The minimum absolute atomic E-state index is 0.218. The van der Waals surface area contributed by atoms with E-state index in [2.05, 4.69) is 18.1 Å². The van der Waals surface area contributed by atoms with Gasteiger partial charge in [0.15, 0.2) is 0 Å². The number of methoxy groups -OCH3 is 1. The minimum atomic E-state index is -0.286. The third-order valence-electron chi connectivity index (χ3n) is 2.90. The molecule has 0 heterocycles. The van der Waals surface area contributed by atoms with Crippen LogP contribution >= 0.6 is 0 Å². The highest BCUT2D eigenvalue weighted by molar-refractivity contribution is 5.78. The van der Waals surface area contributed by atoms with Crippen LogP contribution in [0.2, 0.25) is 0 Å². The number of rotatable bonds is 8. The summed E-state index contributed by atoms with van der Waals surface area (Å²) in [5, 5.41) is 0. The largest absolute Gasteiger partial charge is 0.469 e. The number of hydrogen-bond acceptors (Lipinski definition) is 3. The van der Waals surface area contributed by atoms with Gasteiger partial charge in [0, 0.05) is 19.6 Å². The van der Waals surface area contributed by atoms with E-state index in [0.29, 0.717) is 19.6 Å². The number of hydrogen-bond donors (Lipinski definition) is 0. The van der Waals surface area contributed by atoms with Crippen LogP contribution in [-0.4, -0.2) is 37.6 Å². The molecule has 1 aromatic carbocycles. The molecule has 1 aromatic rings. The monoisotopic (exact) mass is 259 g/mol. The maximum Gasteiger partial charge on any atom is 0.314 e. The first-order valence-electron chi connectivity index (χ1n) is 6.29. The summed E-state index contributed by atoms with van der Waals surface area (Å²) in [6, 6.07) is 9.68. The number of benzene rings is 1. The second kappa shape index (κ2) is 8.27. The number of ether oxygens (including phenoxy) is 1. The number of esters is 1. The van der Waals surface area contributed by atoms with Crippen LogP contribution in [0.25, 0.3) is 0 Å². The Bertz CT molecular complexity index is 404. The van der Waals surface area contributed by atoms with Gasteiger partial charge in [0.05, 0.1) is 13.0 Å². The predicted molar refractivity (Wildman–Crippen MR) is 78.0 cm³/mol. The topological polar surface area (TPSA) is 29.5 Å². The standard InChI is InChI=1S/C16H21NO2/c1-4-11-17(12-5-2)13-15(16(18)19-3)14-9-7-6-8-10-14/h4-10,15H,1-2,11-13H2,3H3. The summed E-state index contributed by atoms with van der Waals surface area (Å²) < 4.78 is 4.91. The van der Waals surface area contributed by atoms with E-state index in [1.807, 2.05) is 42.5 Å². The molecule has 1 rings (SSSR count). The van der Waals surface area contributed by atoms with Crippen LogP contribution in [0, 0.1) is 0 Å². The van der Waals surface area contributed by atoms with E-state index < -0.39 is 0 Å². The van der Waals surface area contributed by atoms with Crippen molar-refractivity contribution in [1.82, 2.24) is 4.90 Å². The van der Waals surface area contributed by atoms with Crippen molar-refractivity contribution >= 4 is 5.97 Å². The average molecular weight is 259 g/mol. The molecule has 0 saturated heterocycles. The molecule has 0 fully saturated rings. The van der Waals surface area contributed by atoms with Gasteiger partial charge in [-0.15, -0.1) is 13.2 Å². The van der Waals surface area contributed by atoms with Crippen molar-refractivity contribution in [2.24, 2.45) is 0 Å². The van der Waals surface area contributed by atoms with Crippen LogP contribution in [0.3, 0.4) is 0 Å². The summed E-state index contributed by atoms with van der Waals surface area (Å²) in [7, 11) is 1.42. The lowest BCUT2D eigenvalue weighted by Gasteiger charge is -2.24. The van der Waals surface area contributed by atoms with Gasteiger partial charge in [0.2, 0.25) is 0 Å². The molecule has 0 aliphatic heterocycles. The normalized spacial score (nSPS) is 11.9. The van der Waals surface area contributed by atoms with Crippen molar-refractivity contribution in [3.8, 4) is 0 Å². The fourth-order valence-electron chi connectivity index (χ4n) is 1.99. The lowest BCUT2D eigenvalue weighted by atomic mass is 9.98. The maximum atomic E-state index is 12.0. The molecule has 1 unspecified atom stereocenters. The maximum absolute atomic E-state index is 12.0. The summed E-state index contributed by atoms with van der Waals surface area (Å²) in [5.74, 6) is -0.504.